The van der Waals surface area contributed by atoms with E-state index in [0.29, 0.717) is 29.7 Å². The van der Waals surface area contributed by atoms with Crippen molar-refractivity contribution < 1.29 is 14.3 Å². The predicted molar refractivity (Wildman–Crippen MR) is 77.7 cm³/mol. The van der Waals surface area contributed by atoms with E-state index >= 15 is 0 Å². The van der Waals surface area contributed by atoms with Crippen molar-refractivity contribution in [2.75, 3.05) is 0 Å². The van der Waals surface area contributed by atoms with Crippen molar-refractivity contribution in [2.24, 2.45) is 11.3 Å². The Kier molecular flexibility index (Phi) is 4.53. The van der Waals surface area contributed by atoms with E-state index < -0.39 is 5.97 Å². The highest BCUT2D eigenvalue weighted by atomic mass is 16.4. The van der Waals surface area contributed by atoms with Crippen molar-refractivity contribution in [1.29, 1.82) is 0 Å². The maximum absolute atomic E-state index is 10.8. The fourth-order valence-electron chi connectivity index (χ4n) is 3.23. The molecule has 0 spiro atoms. The van der Waals surface area contributed by atoms with Crippen LogP contribution in [0.25, 0.3) is 0 Å². The van der Waals surface area contributed by atoms with Gasteiger partial charge < -0.3 is 14.8 Å². The van der Waals surface area contributed by atoms with Crippen LogP contribution >= 0.6 is 0 Å². The van der Waals surface area contributed by atoms with Crippen LogP contribution in [0.4, 0.5) is 0 Å². The van der Waals surface area contributed by atoms with Gasteiger partial charge >= 0.3 is 5.97 Å². The number of aromatic carboxylic acids is 1. The highest BCUT2D eigenvalue weighted by molar-refractivity contribution is 5.87. The standard InChI is InChI=1S/C16H25NO3/c1-16(2,3)13-6-4-5-7-14(13)17-9-12-8-11(10-20-12)15(18)19/h8,10,13-14,17H,4-7,9H2,1-3H3,(H,18,19). The average Bonchev–Trinajstić information content (AvgIpc) is 2.84. The first-order chi connectivity index (χ1) is 9.38. The molecule has 20 heavy (non-hydrogen) atoms. The molecule has 0 radical (unpaired) electrons. The summed E-state index contributed by atoms with van der Waals surface area (Å²) in [7, 11) is 0. The van der Waals surface area contributed by atoms with E-state index in [9.17, 15) is 4.79 Å². The highest BCUT2D eigenvalue weighted by Crippen LogP contribution is 2.38. The number of rotatable bonds is 4. The van der Waals surface area contributed by atoms with E-state index in [-0.39, 0.29) is 5.56 Å². The summed E-state index contributed by atoms with van der Waals surface area (Å²) < 4.78 is 5.29. The molecular weight excluding hydrogens is 254 g/mol. The fourth-order valence-corrected chi connectivity index (χ4v) is 3.23. The number of nitrogens with one attached hydrogen (secondary N) is 1. The minimum absolute atomic E-state index is 0.220. The van der Waals surface area contributed by atoms with Gasteiger partial charge in [0.25, 0.3) is 0 Å². The molecule has 2 atom stereocenters. The van der Waals surface area contributed by atoms with Crippen molar-refractivity contribution in [3.05, 3.63) is 23.7 Å². The minimum atomic E-state index is -0.940. The summed E-state index contributed by atoms with van der Waals surface area (Å²) in [6.07, 6.45) is 6.34. The Morgan fingerprint density at radius 1 is 1.40 bits per heavy atom. The van der Waals surface area contributed by atoms with Crippen molar-refractivity contribution >= 4 is 5.97 Å². The van der Waals surface area contributed by atoms with E-state index in [1.54, 1.807) is 6.07 Å². The van der Waals surface area contributed by atoms with Crippen molar-refractivity contribution in [1.82, 2.24) is 5.32 Å². The van der Waals surface area contributed by atoms with E-state index in [4.69, 9.17) is 9.52 Å². The van der Waals surface area contributed by atoms with Crippen molar-refractivity contribution in [3.8, 4) is 0 Å². The van der Waals surface area contributed by atoms with Crippen LogP contribution in [-0.4, -0.2) is 17.1 Å². The Balaban J connectivity index is 1.95. The first-order valence-electron chi connectivity index (χ1n) is 7.42. The molecule has 1 saturated carbocycles. The quantitative estimate of drug-likeness (QED) is 0.882. The van der Waals surface area contributed by atoms with Gasteiger partial charge in [-0.15, -0.1) is 0 Å². The van der Waals surface area contributed by atoms with Gasteiger partial charge in [-0.25, -0.2) is 4.79 Å². The first kappa shape index (κ1) is 15.1. The van der Waals surface area contributed by atoms with Crippen LogP contribution in [0.5, 0.6) is 0 Å². The minimum Gasteiger partial charge on any atom is -0.478 e. The molecule has 4 nitrogen and oxygen atoms in total. The molecular formula is C16H25NO3. The first-order valence-corrected chi connectivity index (χ1v) is 7.42. The lowest BCUT2D eigenvalue weighted by atomic mass is 9.69. The van der Waals surface area contributed by atoms with Gasteiger partial charge in [0.1, 0.15) is 12.0 Å². The lowest BCUT2D eigenvalue weighted by Crippen LogP contribution is -2.43. The SMILES string of the molecule is CC(C)(C)C1CCCCC1NCc1cc(C(=O)O)co1. The van der Waals surface area contributed by atoms with Gasteiger partial charge in [0.05, 0.1) is 12.1 Å². The number of carboxylic acids is 1. The van der Waals surface area contributed by atoms with Gasteiger partial charge in [0.2, 0.25) is 0 Å². The number of furan rings is 1. The summed E-state index contributed by atoms with van der Waals surface area (Å²) in [4.78, 5) is 10.8. The van der Waals surface area contributed by atoms with Crippen LogP contribution in [-0.2, 0) is 6.54 Å². The number of carbonyl (C=O) groups is 1. The van der Waals surface area contributed by atoms with Crippen LogP contribution in [0.1, 0.15) is 62.6 Å². The Labute approximate surface area is 120 Å². The van der Waals surface area contributed by atoms with Gasteiger partial charge in [-0.1, -0.05) is 33.6 Å². The maximum Gasteiger partial charge on any atom is 0.338 e. The lowest BCUT2D eigenvalue weighted by molar-refractivity contribution is 0.0696. The van der Waals surface area contributed by atoms with Crippen LogP contribution in [0, 0.1) is 11.3 Å². The second kappa shape index (κ2) is 6.00. The van der Waals surface area contributed by atoms with Crippen molar-refractivity contribution in [2.45, 2.75) is 59.0 Å². The smallest absolute Gasteiger partial charge is 0.338 e. The summed E-state index contributed by atoms with van der Waals surface area (Å²) in [6, 6.07) is 2.09. The zero-order valence-electron chi connectivity index (χ0n) is 12.6. The fraction of sp³-hybridized carbons (Fsp3) is 0.688. The molecule has 1 aromatic rings. The molecule has 0 aromatic carbocycles. The number of hydrogen-bond donors (Lipinski definition) is 2. The molecule has 2 unspecified atom stereocenters. The lowest BCUT2D eigenvalue weighted by Gasteiger charge is -2.40. The number of hydrogen-bond acceptors (Lipinski definition) is 3. The van der Waals surface area contributed by atoms with Gasteiger partial charge in [0, 0.05) is 6.04 Å². The van der Waals surface area contributed by atoms with Gasteiger partial charge in [-0.05, 0) is 30.2 Å². The highest BCUT2D eigenvalue weighted by Gasteiger charge is 2.33. The topological polar surface area (TPSA) is 62.5 Å². The van der Waals surface area contributed by atoms with Crippen LogP contribution in [0.3, 0.4) is 0 Å². The molecule has 0 saturated heterocycles. The van der Waals surface area contributed by atoms with Crippen molar-refractivity contribution in [3.63, 3.8) is 0 Å². The van der Waals surface area contributed by atoms with E-state index in [2.05, 4.69) is 26.1 Å². The molecule has 1 fully saturated rings. The zero-order valence-corrected chi connectivity index (χ0v) is 12.6. The predicted octanol–water partition coefficient (Wildman–Crippen LogP) is 3.67. The third-order valence-electron chi connectivity index (χ3n) is 4.32. The van der Waals surface area contributed by atoms with Gasteiger partial charge in [-0.2, -0.15) is 0 Å². The molecule has 0 aliphatic heterocycles. The molecule has 1 aromatic heterocycles. The second-order valence-electron chi connectivity index (χ2n) is 6.85. The third-order valence-corrected chi connectivity index (χ3v) is 4.32. The van der Waals surface area contributed by atoms with Crippen LogP contribution in [0.15, 0.2) is 16.7 Å². The summed E-state index contributed by atoms with van der Waals surface area (Å²) in [6.45, 7) is 7.50. The van der Waals surface area contributed by atoms with E-state index in [1.165, 1.54) is 31.9 Å². The molecule has 2 rings (SSSR count). The molecule has 0 amide bonds. The largest absolute Gasteiger partial charge is 0.478 e. The van der Waals surface area contributed by atoms with E-state index in [1.807, 2.05) is 0 Å². The van der Waals surface area contributed by atoms with Gasteiger partial charge in [-0.3, -0.25) is 0 Å². The average molecular weight is 279 g/mol. The van der Waals surface area contributed by atoms with Crippen LogP contribution in [0.2, 0.25) is 0 Å². The summed E-state index contributed by atoms with van der Waals surface area (Å²) in [5.41, 5.74) is 0.519. The molecule has 2 N–H and O–H groups in total. The summed E-state index contributed by atoms with van der Waals surface area (Å²) >= 11 is 0. The Morgan fingerprint density at radius 2 is 2.10 bits per heavy atom. The van der Waals surface area contributed by atoms with E-state index in [0.717, 1.165) is 0 Å². The molecule has 0 bridgehead atoms. The molecule has 4 heteroatoms. The Bertz CT molecular complexity index is 459. The summed E-state index contributed by atoms with van der Waals surface area (Å²) in [5, 5.41) is 12.4. The van der Waals surface area contributed by atoms with Crippen LogP contribution < -0.4 is 5.32 Å². The third kappa shape index (κ3) is 3.63. The summed E-state index contributed by atoms with van der Waals surface area (Å²) in [5.74, 6) is 0.413. The molecule has 1 aliphatic rings. The zero-order chi connectivity index (χ0) is 14.8. The Hall–Kier alpha value is -1.29. The van der Waals surface area contributed by atoms with Gasteiger partial charge in [0.15, 0.2) is 0 Å². The molecule has 1 heterocycles. The molecule has 112 valence electrons. The normalized spacial score (nSPS) is 23.8. The Morgan fingerprint density at radius 3 is 2.70 bits per heavy atom. The maximum atomic E-state index is 10.8. The number of carboxylic acid groups (broad SMARTS) is 1. The molecule has 1 aliphatic carbocycles. The second-order valence-corrected chi connectivity index (χ2v) is 6.85. The monoisotopic (exact) mass is 279 g/mol.